The van der Waals surface area contributed by atoms with Crippen LogP contribution in [0.1, 0.15) is 24.6 Å². The number of nitrogens with one attached hydrogen (secondary N) is 1. The molecule has 0 saturated heterocycles. The van der Waals surface area contributed by atoms with Crippen molar-refractivity contribution < 1.29 is 0 Å². The summed E-state index contributed by atoms with van der Waals surface area (Å²) in [7, 11) is 1.99. The molecule has 0 radical (unpaired) electrons. The van der Waals surface area contributed by atoms with Gasteiger partial charge in [-0.1, -0.05) is 0 Å². The fraction of sp³-hybridized carbons (Fsp3) is 0.417. The summed E-state index contributed by atoms with van der Waals surface area (Å²) < 4.78 is 2.47. The molecule has 3 nitrogen and oxygen atoms in total. The predicted molar refractivity (Wildman–Crippen MR) is 60.8 cm³/mol. The number of nitrogens with zero attached hydrogens (tertiary/aromatic N) is 2. The van der Waals surface area contributed by atoms with Crippen LogP contribution in [0.15, 0.2) is 24.5 Å². The molecule has 2 aromatic rings. The lowest BCUT2D eigenvalue weighted by atomic mass is 10.3. The molecule has 78 valence electrons. The standard InChI is InChI=1S/C12H15N3/c1-13-8-11-6-9-7-14-5-4-12(9)15(11)10-2-3-10/h4-7,10,13H,2-3,8H2,1H3. The highest BCUT2D eigenvalue weighted by molar-refractivity contribution is 5.80. The lowest BCUT2D eigenvalue weighted by Crippen LogP contribution is -2.10. The van der Waals surface area contributed by atoms with Gasteiger partial charge in [0.1, 0.15) is 0 Å². The van der Waals surface area contributed by atoms with Gasteiger partial charge in [-0.25, -0.2) is 0 Å². The van der Waals surface area contributed by atoms with Crippen LogP contribution in [0.5, 0.6) is 0 Å². The number of pyridine rings is 1. The fourth-order valence-corrected chi connectivity index (χ4v) is 2.21. The Hall–Kier alpha value is -1.35. The molecule has 0 aromatic carbocycles. The van der Waals surface area contributed by atoms with Crippen LogP contribution in [-0.4, -0.2) is 16.6 Å². The van der Waals surface area contributed by atoms with Crippen molar-refractivity contribution in [2.24, 2.45) is 0 Å². The van der Waals surface area contributed by atoms with Gasteiger partial charge < -0.3 is 9.88 Å². The molecule has 1 aliphatic carbocycles. The molecule has 1 fully saturated rings. The molecule has 0 unspecified atom stereocenters. The molecule has 1 aliphatic rings. The maximum Gasteiger partial charge on any atom is 0.0516 e. The molecule has 3 rings (SSSR count). The third kappa shape index (κ3) is 1.43. The van der Waals surface area contributed by atoms with Crippen molar-refractivity contribution in [2.75, 3.05) is 7.05 Å². The summed E-state index contributed by atoms with van der Waals surface area (Å²) >= 11 is 0. The second kappa shape index (κ2) is 3.35. The molecule has 2 aromatic heterocycles. The van der Waals surface area contributed by atoms with E-state index in [1.54, 1.807) is 0 Å². The van der Waals surface area contributed by atoms with Crippen LogP contribution in [0, 0.1) is 0 Å². The molecule has 0 amide bonds. The van der Waals surface area contributed by atoms with Crippen LogP contribution in [-0.2, 0) is 6.54 Å². The van der Waals surface area contributed by atoms with E-state index in [2.05, 4.69) is 27.0 Å². The van der Waals surface area contributed by atoms with E-state index >= 15 is 0 Å². The van der Waals surface area contributed by atoms with Crippen molar-refractivity contribution >= 4 is 10.9 Å². The second-order valence-electron chi connectivity index (χ2n) is 4.20. The number of rotatable bonds is 3. The highest BCUT2D eigenvalue weighted by Gasteiger charge is 2.26. The van der Waals surface area contributed by atoms with Gasteiger partial charge in [0, 0.05) is 36.1 Å². The van der Waals surface area contributed by atoms with Crippen molar-refractivity contribution in [1.82, 2.24) is 14.9 Å². The van der Waals surface area contributed by atoms with Crippen molar-refractivity contribution in [2.45, 2.75) is 25.4 Å². The molecule has 1 saturated carbocycles. The van der Waals surface area contributed by atoms with Crippen molar-refractivity contribution in [3.8, 4) is 0 Å². The minimum Gasteiger partial charge on any atom is -0.340 e. The normalized spacial score (nSPS) is 16.1. The second-order valence-corrected chi connectivity index (χ2v) is 4.20. The molecule has 2 heterocycles. The van der Waals surface area contributed by atoms with Gasteiger partial charge in [-0.3, -0.25) is 4.98 Å². The first-order valence-electron chi connectivity index (χ1n) is 5.48. The third-order valence-corrected chi connectivity index (χ3v) is 2.99. The SMILES string of the molecule is CNCc1cc2cnccc2n1C1CC1. The minimum atomic E-state index is 0.730. The van der Waals surface area contributed by atoms with Gasteiger partial charge in [-0.05, 0) is 32.0 Å². The quantitative estimate of drug-likeness (QED) is 0.824. The van der Waals surface area contributed by atoms with E-state index in [0.29, 0.717) is 0 Å². The summed E-state index contributed by atoms with van der Waals surface area (Å²) in [5.74, 6) is 0. The first kappa shape index (κ1) is 8.92. The molecular formula is C12H15N3. The number of aromatic nitrogens is 2. The Morgan fingerprint density at radius 2 is 2.40 bits per heavy atom. The third-order valence-electron chi connectivity index (χ3n) is 2.99. The van der Waals surface area contributed by atoms with Crippen molar-refractivity contribution in [3.63, 3.8) is 0 Å². The zero-order valence-electron chi connectivity index (χ0n) is 8.90. The van der Waals surface area contributed by atoms with E-state index in [-0.39, 0.29) is 0 Å². The number of hydrogen-bond acceptors (Lipinski definition) is 2. The Morgan fingerprint density at radius 3 is 3.13 bits per heavy atom. The van der Waals surface area contributed by atoms with Crippen LogP contribution in [0.4, 0.5) is 0 Å². The largest absolute Gasteiger partial charge is 0.340 e. The van der Waals surface area contributed by atoms with Crippen LogP contribution < -0.4 is 5.32 Å². The summed E-state index contributed by atoms with van der Waals surface area (Å²) in [4.78, 5) is 4.17. The monoisotopic (exact) mass is 201 g/mol. The molecule has 0 spiro atoms. The fourth-order valence-electron chi connectivity index (χ4n) is 2.21. The highest BCUT2D eigenvalue weighted by atomic mass is 15.1. The summed E-state index contributed by atoms with van der Waals surface area (Å²) in [6.45, 7) is 0.936. The van der Waals surface area contributed by atoms with Gasteiger partial charge in [0.15, 0.2) is 0 Å². The zero-order chi connectivity index (χ0) is 10.3. The molecule has 0 aliphatic heterocycles. The Kier molecular flexibility index (Phi) is 1.99. The average molecular weight is 201 g/mol. The first-order chi connectivity index (χ1) is 7.40. The number of hydrogen-bond donors (Lipinski definition) is 1. The van der Waals surface area contributed by atoms with E-state index in [1.807, 2.05) is 19.4 Å². The van der Waals surface area contributed by atoms with E-state index < -0.39 is 0 Å². The number of fused-ring (bicyclic) bond motifs is 1. The molecule has 15 heavy (non-hydrogen) atoms. The summed E-state index contributed by atoms with van der Waals surface area (Å²) in [6, 6.07) is 5.09. The summed E-state index contributed by atoms with van der Waals surface area (Å²) in [6.07, 6.45) is 6.48. The Bertz CT molecular complexity index is 483. The molecule has 0 bridgehead atoms. The summed E-state index contributed by atoms with van der Waals surface area (Å²) in [5, 5.41) is 4.49. The van der Waals surface area contributed by atoms with Gasteiger partial charge in [-0.2, -0.15) is 0 Å². The average Bonchev–Trinajstić information content (AvgIpc) is 3.01. The minimum absolute atomic E-state index is 0.730. The van der Waals surface area contributed by atoms with E-state index in [4.69, 9.17) is 0 Å². The van der Waals surface area contributed by atoms with Gasteiger partial charge in [-0.15, -0.1) is 0 Å². The molecule has 0 atom stereocenters. The maximum atomic E-state index is 4.17. The topological polar surface area (TPSA) is 29.9 Å². The van der Waals surface area contributed by atoms with Gasteiger partial charge in [0.25, 0.3) is 0 Å². The smallest absolute Gasteiger partial charge is 0.0516 e. The summed E-state index contributed by atoms with van der Waals surface area (Å²) in [5.41, 5.74) is 2.71. The Balaban J connectivity index is 2.19. The van der Waals surface area contributed by atoms with Crippen LogP contribution in [0.25, 0.3) is 10.9 Å². The lowest BCUT2D eigenvalue weighted by Gasteiger charge is -2.08. The van der Waals surface area contributed by atoms with Gasteiger partial charge in [0.05, 0.1) is 5.52 Å². The molecular weight excluding hydrogens is 186 g/mol. The van der Waals surface area contributed by atoms with Crippen molar-refractivity contribution in [3.05, 3.63) is 30.2 Å². The van der Waals surface area contributed by atoms with Crippen molar-refractivity contribution in [1.29, 1.82) is 0 Å². The van der Waals surface area contributed by atoms with E-state index in [1.165, 1.54) is 29.4 Å². The Morgan fingerprint density at radius 1 is 1.53 bits per heavy atom. The maximum absolute atomic E-state index is 4.17. The van der Waals surface area contributed by atoms with Crippen LogP contribution >= 0.6 is 0 Å². The highest BCUT2D eigenvalue weighted by Crippen LogP contribution is 2.39. The van der Waals surface area contributed by atoms with Gasteiger partial charge in [0.2, 0.25) is 0 Å². The van der Waals surface area contributed by atoms with Crippen LogP contribution in [0.3, 0.4) is 0 Å². The first-order valence-corrected chi connectivity index (χ1v) is 5.48. The molecule has 3 heteroatoms. The lowest BCUT2D eigenvalue weighted by molar-refractivity contribution is 0.680. The van der Waals surface area contributed by atoms with Gasteiger partial charge >= 0.3 is 0 Å². The van der Waals surface area contributed by atoms with Crippen LogP contribution in [0.2, 0.25) is 0 Å². The zero-order valence-corrected chi connectivity index (χ0v) is 8.90. The van der Waals surface area contributed by atoms with E-state index in [0.717, 1.165) is 12.6 Å². The Labute approximate surface area is 89.1 Å². The predicted octanol–water partition coefficient (Wildman–Crippen LogP) is 2.09. The van der Waals surface area contributed by atoms with E-state index in [9.17, 15) is 0 Å². The molecule has 1 N–H and O–H groups in total.